The summed E-state index contributed by atoms with van der Waals surface area (Å²) in [5.41, 5.74) is 1.65. The molecule has 1 N–H and O–H groups in total. The van der Waals surface area contributed by atoms with Crippen molar-refractivity contribution < 1.29 is 8.42 Å². The molecular weight excluding hydrogens is 198 g/mol. The quantitative estimate of drug-likeness (QED) is 0.827. The number of hydrogen-bond acceptors (Lipinski definition) is 2. The maximum atomic E-state index is 11.0. The van der Waals surface area contributed by atoms with Gasteiger partial charge in [0.25, 0.3) is 0 Å². The van der Waals surface area contributed by atoms with E-state index in [9.17, 15) is 8.42 Å². The highest BCUT2D eigenvalue weighted by molar-refractivity contribution is 7.92. The summed E-state index contributed by atoms with van der Waals surface area (Å²) in [6.07, 6.45) is 2.99. The monoisotopic (exact) mass is 212 g/mol. The summed E-state index contributed by atoms with van der Waals surface area (Å²) >= 11 is 0. The predicted molar refractivity (Wildman–Crippen MR) is 57.7 cm³/mol. The smallest absolute Gasteiger partial charge is 0.229 e. The van der Waals surface area contributed by atoms with Gasteiger partial charge in [-0.1, -0.05) is 19.4 Å². The van der Waals surface area contributed by atoms with Gasteiger partial charge in [0.1, 0.15) is 0 Å². The van der Waals surface area contributed by atoms with Crippen LogP contribution in [0.15, 0.2) is 18.2 Å². The van der Waals surface area contributed by atoms with Crippen molar-refractivity contribution in [2.24, 2.45) is 0 Å². The first-order valence-corrected chi connectivity index (χ1v) is 6.39. The van der Waals surface area contributed by atoms with E-state index >= 15 is 0 Å². The molecular formula is C10H14NO2S. The summed E-state index contributed by atoms with van der Waals surface area (Å²) in [5, 5.41) is 0. The van der Waals surface area contributed by atoms with Crippen LogP contribution in [0.4, 0.5) is 5.69 Å². The lowest BCUT2D eigenvalue weighted by atomic mass is 10.1. The Kier molecular flexibility index (Phi) is 3.52. The number of aryl methyl sites for hydroxylation is 1. The van der Waals surface area contributed by atoms with E-state index in [4.69, 9.17) is 0 Å². The molecule has 4 heteroatoms. The zero-order valence-corrected chi connectivity index (χ0v) is 9.19. The second-order valence-electron chi connectivity index (χ2n) is 3.21. The highest BCUT2D eigenvalue weighted by atomic mass is 32.2. The molecule has 0 aliphatic carbocycles. The number of nitrogens with one attached hydrogen (secondary N) is 1. The summed E-state index contributed by atoms with van der Waals surface area (Å²) in [7, 11) is -3.18. The van der Waals surface area contributed by atoms with Gasteiger partial charge in [-0.2, -0.15) is 0 Å². The highest BCUT2D eigenvalue weighted by Gasteiger charge is 2.05. The van der Waals surface area contributed by atoms with Gasteiger partial charge in [0.2, 0.25) is 10.0 Å². The van der Waals surface area contributed by atoms with Crippen molar-refractivity contribution in [2.75, 3.05) is 11.0 Å². The highest BCUT2D eigenvalue weighted by Crippen LogP contribution is 2.17. The number of benzene rings is 1. The van der Waals surface area contributed by atoms with Crippen molar-refractivity contribution in [3.8, 4) is 0 Å². The molecule has 0 spiro atoms. The minimum atomic E-state index is -3.18. The van der Waals surface area contributed by atoms with E-state index in [1.54, 1.807) is 12.1 Å². The normalized spacial score (nSPS) is 11.3. The second kappa shape index (κ2) is 4.46. The number of anilines is 1. The van der Waals surface area contributed by atoms with Crippen molar-refractivity contribution in [1.82, 2.24) is 0 Å². The summed E-state index contributed by atoms with van der Waals surface area (Å²) in [6.45, 7) is 2.05. The van der Waals surface area contributed by atoms with Crippen LogP contribution in [-0.2, 0) is 16.4 Å². The number of sulfonamides is 1. The Morgan fingerprint density at radius 2 is 2.21 bits per heavy atom. The summed E-state index contributed by atoms with van der Waals surface area (Å²) in [5.74, 6) is 0. The Morgan fingerprint density at radius 3 is 2.79 bits per heavy atom. The molecule has 77 valence electrons. The SMILES string of the molecule is CCCc1c[c]ccc1NS(C)(=O)=O. The zero-order valence-electron chi connectivity index (χ0n) is 8.37. The van der Waals surface area contributed by atoms with Crippen LogP contribution in [0, 0.1) is 6.07 Å². The Hall–Kier alpha value is -1.03. The fraction of sp³-hybridized carbons (Fsp3) is 0.400. The van der Waals surface area contributed by atoms with Crippen LogP contribution in [-0.4, -0.2) is 14.7 Å². The van der Waals surface area contributed by atoms with Crippen LogP contribution in [0.5, 0.6) is 0 Å². The van der Waals surface area contributed by atoms with Crippen LogP contribution in [0.25, 0.3) is 0 Å². The lowest BCUT2D eigenvalue weighted by Crippen LogP contribution is -2.11. The van der Waals surface area contributed by atoms with E-state index in [-0.39, 0.29) is 0 Å². The molecule has 14 heavy (non-hydrogen) atoms. The molecule has 0 aromatic heterocycles. The predicted octanol–water partition coefficient (Wildman–Crippen LogP) is 1.81. The fourth-order valence-electron chi connectivity index (χ4n) is 1.24. The largest absolute Gasteiger partial charge is 0.284 e. The number of rotatable bonds is 4. The van der Waals surface area contributed by atoms with Crippen LogP contribution in [0.3, 0.4) is 0 Å². The van der Waals surface area contributed by atoms with Gasteiger partial charge in [0.15, 0.2) is 0 Å². The van der Waals surface area contributed by atoms with Crippen molar-refractivity contribution in [1.29, 1.82) is 0 Å². The van der Waals surface area contributed by atoms with Gasteiger partial charge < -0.3 is 0 Å². The van der Waals surface area contributed by atoms with Crippen LogP contribution in [0.2, 0.25) is 0 Å². The van der Waals surface area contributed by atoms with Gasteiger partial charge in [0.05, 0.1) is 11.9 Å². The van der Waals surface area contributed by atoms with Crippen LogP contribution < -0.4 is 4.72 Å². The first-order valence-electron chi connectivity index (χ1n) is 4.49. The molecule has 1 aromatic carbocycles. The molecule has 0 unspecified atom stereocenters. The third kappa shape index (κ3) is 3.38. The Morgan fingerprint density at radius 1 is 1.50 bits per heavy atom. The molecule has 3 nitrogen and oxygen atoms in total. The minimum Gasteiger partial charge on any atom is -0.284 e. The van der Waals surface area contributed by atoms with Crippen molar-refractivity contribution in [3.05, 3.63) is 29.8 Å². The molecule has 1 radical (unpaired) electrons. The average Bonchev–Trinajstić information content (AvgIpc) is 2.06. The zero-order chi connectivity index (χ0) is 10.6. The maximum absolute atomic E-state index is 11.0. The standard InChI is InChI=1S/C10H14NO2S/c1-3-6-9-7-4-5-8-10(9)11-14(2,12)13/h5,7-8,11H,3,6H2,1-2H3. The number of hydrogen-bond donors (Lipinski definition) is 1. The average molecular weight is 212 g/mol. The van der Waals surface area contributed by atoms with Crippen molar-refractivity contribution >= 4 is 15.7 Å². The Balaban J connectivity index is 2.95. The summed E-state index contributed by atoms with van der Waals surface area (Å²) in [6, 6.07) is 8.18. The molecule has 0 saturated heterocycles. The molecule has 1 rings (SSSR count). The van der Waals surface area contributed by atoms with E-state index in [1.807, 2.05) is 6.07 Å². The van der Waals surface area contributed by atoms with Gasteiger partial charge in [-0.25, -0.2) is 8.42 Å². The third-order valence-electron chi connectivity index (χ3n) is 1.76. The van der Waals surface area contributed by atoms with Gasteiger partial charge in [-0.05, 0) is 30.2 Å². The van der Waals surface area contributed by atoms with Crippen LogP contribution >= 0.6 is 0 Å². The molecule has 0 aliphatic heterocycles. The second-order valence-corrected chi connectivity index (χ2v) is 4.96. The molecule has 0 saturated carbocycles. The molecule has 0 bridgehead atoms. The first kappa shape index (κ1) is 11.0. The van der Waals surface area contributed by atoms with Gasteiger partial charge >= 0.3 is 0 Å². The van der Waals surface area contributed by atoms with Crippen molar-refractivity contribution in [2.45, 2.75) is 19.8 Å². The Bertz CT molecular complexity index is 398. The third-order valence-corrected chi connectivity index (χ3v) is 2.36. The molecule has 0 atom stereocenters. The lowest BCUT2D eigenvalue weighted by molar-refractivity contribution is 0.606. The van der Waals surface area contributed by atoms with Crippen molar-refractivity contribution in [3.63, 3.8) is 0 Å². The molecule has 0 amide bonds. The summed E-state index contributed by atoms with van der Waals surface area (Å²) < 4.78 is 24.6. The van der Waals surface area contributed by atoms with Gasteiger partial charge in [-0.15, -0.1) is 0 Å². The topological polar surface area (TPSA) is 46.2 Å². The fourth-order valence-corrected chi connectivity index (χ4v) is 1.84. The van der Waals surface area contributed by atoms with Crippen LogP contribution in [0.1, 0.15) is 18.9 Å². The van der Waals surface area contributed by atoms with Gasteiger partial charge in [-0.3, -0.25) is 4.72 Å². The van der Waals surface area contributed by atoms with E-state index in [2.05, 4.69) is 17.7 Å². The minimum absolute atomic E-state index is 0.660. The molecule has 0 aliphatic rings. The lowest BCUT2D eigenvalue weighted by Gasteiger charge is -2.08. The molecule has 1 aromatic rings. The van der Waals surface area contributed by atoms with E-state index in [1.165, 1.54) is 0 Å². The van der Waals surface area contributed by atoms with E-state index in [0.717, 1.165) is 24.7 Å². The van der Waals surface area contributed by atoms with E-state index in [0.29, 0.717) is 5.69 Å². The van der Waals surface area contributed by atoms with E-state index < -0.39 is 10.0 Å². The first-order chi connectivity index (χ1) is 6.53. The molecule has 0 fully saturated rings. The molecule has 0 heterocycles. The summed E-state index contributed by atoms with van der Waals surface area (Å²) in [4.78, 5) is 0. The Labute approximate surface area is 85.2 Å². The van der Waals surface area contributed by atoms with Gasteiger partial charge in [0, 0.05) is 0 Å². The maximum Gasteiger partial charge on any atom is 0.229 e.